The number of hydrogen-bond donors (Lipinski definition) is 2. The summed E-state index contributed by atoms with van der Waals surface area (Å²) in [7, 11) is 3.52. The second kappa shape index (κ2) is 12.5. The van der Waals surface area contributed by atoms with E-state index in [-0.39, 0.29) is 5.41 Å². The topological polar surface area (TPSA) is 64.1 Å². The molecule has 2 N–H and O–H groups in total. The summed E-state index contributed by atoms with van der Waals surface area (Å²) in [6.45, 7) is 6.44. The zero-order valence-electron chi connectivity index (χ0n) is 19.7. The Labute approximate surface area is 192 Å². The molecule has 0 saturated carbocycles. The first kappa shape index (κ1) is 24.1. The van der Waals surface area contributed by atoms with Gasteiger partial charge in [-0.2, -0.15) is 0 Å². The Morgan fingerprint density at radius 2 is 1.84 bits per heavy atom. The minimum Gasteiger partial charge on any atom is -0.493 e. The summed E-state index contributed by atoms with van der Waals surface area (Å²) < 4.78 is 16.8. The predicted molar refractivity (Wildman–Crippen MR) is 130 cm³/mol. The number of nitrogens with zero attached hydrogens (tertiary/aromatic N) is 1. The summed E-state index contributed by atoms with van der Waals surface area (Å²) in [5.74, 6) is 1.70. The molecule has 0 radical (unpaired) electrons. The van der Waals surface area contributed by atoms with Gasteiger partial charge in [-0.1, -0.05) is 42.5 Å². The third-order valence-corrected chi connectivity index (χ3v) is 6.07. The molecule has 0 aliphatic carbocycles. The van der Waals surface area contributed by atoms with Gasteiger partial charge in [-0.3, -0.25) is 4.99 Å². The van der Waals surface area contributed by atoms with Crippen LogP contribution in [0.15, 0.2) is 53.5 Å². The molecule has 174 valence electrons. The highest BCUT2D eigenvalue weighted by atomic mass is 16.5. The quantitative estimate of drug-likeness (QED) is 0.335. The first-order chi connectivity index (χ1) is 15.7. The third-order valence-electron chi connectivity index (χ3n) is 6.07. The Kier molecular flexibility index (Phi) is 9.38. The second-order valence-corrected chi connectivity index (χ2v) is 8.34. The molecular weight excluding hydrogens is 402 g/mol. The molecule has 32 heavy (non-hydrogen) atoms. The molecule has 1 aliphatic heterocycles. The molecule has 1 saturated heterocycles. The van der Waals surface area contributed by atoms with E-state index in [0.717, 1.165) is 56.3 Å². The number of hydrogen-bond acceptors (Lipinski definition) is 4. The van der Waals surface area contributed by atoms with Crippen molar-refractivity contribution < 1.29 is 14.2 Å². The summed E-state index contributed by atoms with van der Waals surface area (Å²) in [5, 5.41) is 7.02. The van der Waals surface area contributed by atoms with E-state index < -0.39 is 0 Å². The van der Waals surface area contributed by atoms with Gasteiger partial charge in [0.1, 0.15) is 5.75 Å². The third kappa shape index (κ3) is 6.71. The average molecular weight is 440 g/mol. The van der Waals surface area contributed by atoms with Gasteiger partial charge in [-0.25, -0.2) is 0 Å². The van der Waals surface area contributed by atoms with E-state index in [9.17, 15) is 0 Å². The van der Waals surface area contributed by atoms with Crippen LogP contribution in [-0.2, 0) is 21.4 Å². The molecule has 0 spiro atoms. The zero-order valence-corrected chi connectivity index (χ0v) is 19.7. The highest BCUT2D eigenvalue weighted by molar-refractivity contribution is 5.79. The molecule has 0 aromatic heterocycles. The molecule has 1 fully saturated rings. The smallest absolute Gasteiger partial charge is 0.191 e. The minimum atomic E-state index is 0.0522. The Bertz CT molecular complexity index is 849. The van der Waals surface area contributed by atoms with Gasteiger partial charge in [-0.15, -0.1) is 0 Å². The highest BCUT2D eigenvalue weighted by Crippen LogP contribution is 2.34. The highest BCUT2D eigenvalue weighted by Gasteiger charge is 2.34. The molecule has 3 rings (SSSR count). The fourth-order valence-electron chi connectivity index (χ4n) is 4.10. The normalized spacial score (nSPS) is 15.9. The van der Waals surface area contributed by atoms with Gasteiger partial charge in [0, 0.05) is 64.5 Å². The molecule has 0 atom stereocenters. The van der Waals surface area contributed by atoms with E-state index in [2.05, 4.69) is 71.1 Å². The Balaban J connectivity index is 1.61. The van der Waals surface area contributed by atoms with Gasteiger partial charge in [0.15, 0.2) is 5.96 Å². The van der Waals surface area contributed by atoms with Crippen molar-refractivity contribution in [2.45, 2.75) is 38.1 Å². The van der Waals surface area contributed by atoms with E-state index in [1.807, 2.05) is 7.05 Å². The number of aryl methyl sites for hydroxylation is 1. The van der Waals surface area contributed by atoms with Gasteiger partial charge in [0.25, 0.3) is 0 Å². The lowest BCUT2D eigenvalue weighted by Crippen LogP contribution is -2.47. The van der Waals surface area contributed by atoms with Crippen LogP contribution < -0.4 is 15.4 Å². The van der Waals surface area contributed by atoms with Crippen molar-refractivity contribution in [2.75, 3.05) is 47.1 Å². The van der Waals surface area contributed by atoms with E-state index in [1.54, 1.807) is 7.11 Å². The van der Waals surface area contributed by atoms with Crippen LogP contribution in [0.5, 0.6) is 5.75 Å². The van der Waals surface area contributed by atoms with Crippen molar-refractivity contribution in [3.63, 3.8) is 0 Å². The van der Waals surface area contributed by atoms with Crippen molar-refractivity contribution in [2.24, 2.45) is 4.99 Å². The van der Waals surface area contributed by atoms with Crippen molar-refractivity contribution in [3.05, 3.63) is 65.2 Å². The summed E-state index contributed by atoms with van der Waals surface area (Å²) >= 11 is 0. The summed E-state index contributed by atoms with van der Waals surface area (Å²) in [4.78, 5) is 4.45. The maximum Gasteiger partial charge on any atom is 0.191 e. The number of methoxy groups -OCH3 is 1. The first-order valence-electron chi connectivity index (χ1n) is 11.5. The van der Waals surface area contributed by atoms with Crippen LogP contribution in [0.1, 0.15) is 36.0 Å². The fourth-order valence-corrected chi connectivity index (χ4v) is 4.10. The van der Waals surface area contributed by atoms with Crippen molar-refractivity contribution >= 4 is 5.96 Å². The van der Waals surface area contributed by atoms with Crippen LogP contribution in [0.3, 0.4) is 0 Å². The van der Waals surface area contributed by atoms with Crippen LogP contribution in [0.25, 0.3) is 0 Å². The number of aliphatic imine (C=N–C) groups is 1. The van der Waals surface area contributed by atoms with Gasteiger partial charge in [0.05, 0.1) is 6.61 Å². The molecule has 6 heteroatoms. The molecule has 1 heterocycles. The van der Waals surface area contributed by atoms with E-state index in [1.165, 1.54) is 11.1 Å². The number of nitrogens with one attached hydrogen (secondary N) is 2. The monoisotopic (exact) mass is 439 g/mol. The standard InChI is InChI=1S/C26H37N3O3/c1-21-10-11-22(24(18-21)32-15-7-14-30-3)19-28-25(27-2)29-20-26(12-16-31-17-13-26)23-8-5-4-6-9-23/h4-6,8-11,18H,7,12-17,19-20H2,1-3H3,(H2,27,28,29). The van der Waals surface area contributed by atoms with Gasteiger partial charge in [0.2, 0.25) is 0 Å². The molecule has 1 aliphatic rings. The van der Waals surface area contributed by atoms with Crippen molar-refractivity contribution in [3.8, 4) is 5.75 Å². The molecule has 0 unspecified atom stereocenters. The van der Waals surface area contributed by atoms with Crippen LogP contribution in [0.4, 0.5) is 0 Å². The first-order valence-corrected chi connectivity index (χ1v) is 11.5. The number of guanidine groups is 1. The lowest BCUT2D eigenvalue weighted by Gasteiger charge is -2.38. The van der Waals surface area contributed by atoms with Crippen LogP contribution in [0, 0.1) is 6.92 Å². The summed E-state index contributed by atoms with van der Waals surface area (Å²) in [6, 6.07) is 17.1. The van der Waals surface area contributed by atoms with E-state index >= 15 is 0 Å². The summed E-state index contributed by atoms with van der Waals surface area (Å²) in [6.07, 6.45) is 2.86. The zero-order chi connectivity index (χ0) is 22.7. The van der Waals surface area contributed by atoms with Crippen molar-refractivity contribution in [1.29, 1.82) is 0 Å². The molecular formula is C26H37N3O3. The second-order valence-electron chi connectivity index (χ2n) is 8.34. The Morgan fingerprint density at radius 3 is 2.56 bits per heavy atom. The fraction of sp³-hybridized carbons (Fsp3) is 0.500. The lowest BCUT2D eigenvalue weighted by molar-refractivity contribution is 0.0514. The average Bonchev–Trinajstić information content (AvgIpc) is 2.84. The van der Waals surface area contributed by atoms with E-state index in [0.29, 0.717) is 19.8 Å². The largest absolute Gasteiger partial charge is 0.493 e. The minimum absolute atomic E-state index is 0.0522. The number of rotatable bonds is 10. The Hall–Kier alpha value is -2.57. The van der Waals surface area contributed by atoms with E-state index in [4.69, 9.17) is 14.2 Å². The molecule has 2 aromatic carbocycles. The van der Waals surface area contributed by atoms with Crippen LogP contribution in [-0.4, -0.2) is 53.1 Å². The van der Waals surface area contributed by atoms with Crippen molar-refractivity contribution in [1.82, 2.24) is 10.6 Å². The van der Waals surface area contributed by atoms with Gasteiger partial charge >= 0.3 is 0 Å². The number of ether oxygens (including phenoxy) is 3. The lowest BCUT2D eigenvalue weighted by atomic mass is 9.74. The van der Waals surface area contributed by atoms with Crippen LogP contribution >= 0.6 is 0 Å². The predicted octanol–water partition coefficient (Wildman–Crippen LogP) is 3.82. The van der Waals surface area contributed by atoms with Crippen LogP contribution in [0.2, 0.25) is 0 Å². The molecule has 0 amide bonds. The Morgan fingerprint density at radius 1 is 1.06 bits per heavy atom. The molecule has 6 nitrogen and oxygen atoms in total. The maximum absolute atomic E-state index is 6.02. The summed E-state index contributed by atoms with van der Waals surface area (Å²) in [5.41, 5.74) is 3.70. The van der Waals surface area contributed by atoms with Gasteiger partial charge in [-0.05, 0) is 37.0 Å². The maximum atomic E-state index is 6.02. The number of benzene rings is 2. The van der Waals surface area contributed by atoms with Gasteiger partial charge < -0.3 is 24.8 Å². The SMILES string of the molecule is CN=C(NCc1ccc(C)cc1OCCCOC)NCC1(c2ccccc2)CCOCC1. The molecule has 0 bridgehead atoms. The molecule has 2 aromatic rings.